The summed E-state index contributed by atoms with van der Waals surface area (Å²) in [7, 11) is 0. The van der Waals surface area contributed by atoms with E-state index in [1.165, 1.54) is 0 Å². The lowest BCUT2D eigenvalue weighted by atomic mass is 10.8. The molecule has 0 spiro atoms. The van der Waals surface area contributed by atoms with Crippen LogP contribution in [0.25, 0.3) is 0 Å². The summed E-state index contributed by atoms with van der Waals surface area (Å²) in [5.74, 6) is -0.591. The molecule has 0 fully saturated rings. The number of aliphatic carboxylic acids is 1. The van der Waals surface area contributed by atoms with Crippen LogP contribution in [0.1, 0.15) is 6.92 Å². The van der Waals surface area contributed by atoms with Crippen molar-refractivity contribution in [3.8, 4) is 0 Å². The van der Waals surface area contributed by atoms with Gasteiger partial charge in [0.2, 0.25) is 0 Å². The molecule has 0 N–H and O–H groups in total. The van der Waals surface area contributed by atoms with Gasteiger partial charge >= 0.3 is 0 Å². The molecular formula is C4H9ClO2S. The highest BCUT2D eigenvalue weighted by atomic mass is 35.5. The van der Waals surface area contributed by atoms with Crippen LogP contribution in [0.15, 0.2) is 0 Å². The fourth-order valence-corrected chi connectivity index (χ4v) is 0. The first-order valence-electron chi connectivity index (χ1n) is 2.09. The molecular weight excluding hydrogens is 148 g/mol. The summed E-state index contributed by atoms with van der Waals surface area (Å²) in [6.07, 6.45) is 0. The van der Waals surface area contributed by atoms with Crippen molar-refractivity contribution in [1.82, 2.24) is 0 Å². The lowest BCUT2D eigenvalue weighted by molar-refractivity contribution is -0.301. The molecule has 0 aliphatic carbocycles. The number of hydrogen-bond donors (Lipinski definition) is 0. The molecule has 0 aromatic carbocycles. The van der Waals surface area contributed by atoms with Crippen LogP contribution in [0.3, 0.4) is 0 Å². The molecule has 50 valence electrons. The van der Waals surface area contributed by atoms with Crippen LogP contribution in [0, 0.1) is 0 Å². The van der Waals surface area contributed by atoms with Gasteiger partial charge in [0.25, 0.3) is 0 Å². The molecule has 0 atom stereocenters. The van der Waals surface area contributed by atoms with Crippen LogP contribution >= 0.6 is 11.6 Å². The predicted molar refractivity (Wildman–Crippen MR) is 36.4 cm³/mol. The second kappa shape index (κ2) is 10.2. The minimum atomic E-state index is -1.23. The van der Waals surface area contributed by atoms with Crippen LogP contribution in [0.4, 0.5) is 0 Å². The van der Waals surface area contributed by atoms with Gasteiger partial charge in [0.1, 0.15) is 5.75 Å². The molecule has 0 bridgehead atoms. The third-order valence-corrected chi connectivity index (χ3v) is 0.327. The second-order valence-corrected chi connectivity index (χ2v) is 1.83. The van der Waals surface area contributed by atoms with E-state index in [0.29, 0.717) is 0 Å². The first-order valence-corrected chi connectivity index (χ1v) is 3.33. The highest BCUT2D eigenvalue weighted by Crippen LogP contribution is 1.63. The van der Waals surface area contributed by atoms with Gasteiger partial charge in [-0.1, -0.05) is 0 Å². The molecule has 0 aliphatic heterocycles. The lowest BCUT2D eigenvalue weighted by Crippen LogP contribution is -2.23. The van der Waals surface area contributed by atoms with E-state index in [1.807, 2.05) is 6.92 Å². The first kappa shape index (κ1) is 11.0. The Morgan fingerprint density at radius 1 is 1.88 bits per heavy atom. The Morgan fingerprint density at radius 3 is 2.00 bits per heavy atom. The molecule has 4 heteroatoms. The highest BCUT2D eigenvalue weighted by molar-refractivity contribution is 7.58. The number of alkyl halides is 1. The highest BCUT2D eigenvalue weighted by Gasteiger charge is 1.68. The molecule has 0 rings (SSSR count). The van der Waals surface area contributed by atoms with Gasteiger partial charge in [0.15, 0.2) is 0 Å². The number of hydrogen-bond acceptors (Lipinski definition) is 2. The van der Waals surface area contributed by atoms with E-state index in [2.05, 4.69) is 24.2 Å². The number of carboxylic acids is 1. The Hall–Kier alpha value is 0.110. The normalized spacial score (nSPS) is 6.88. The van der Waals surface area contributed by atoms with Gasteiger partial charge in [0.05, 0.1) is 11.8 Å². The summed E-state index contributed by atoms with van der Waals surface area (Å²) >= 11 is 7.86. The lowest BCUT2D eigenvalue weighted by Gasteiger charge is -1.85. The minimum Gasteiger partial charge on any atom is -0.549 e. The molecule has 0 unspecified atom stereocenters. The summed E-state index contributed by atoms with van der Waals surface area (Å²) in [6.45, 7) is 2.04. The summed E-state index contributed by atoms with van der Waals surface area (Å²) in [4.78, 5) is 9.12. The largest absolute Gasteiger partial charge is 0.549 e. The summed E-state index contributed by atoms with van der Waals surface area (Å²) in [5, 5.41) is 9.12. The topological polar surface area (TPSA) is 40.1 Å². The van der Waals surface area contributed by atoms with Crippen molar-refractivity contribution in [1.29, 1.82) is 0 Å². The third-order valence-electron chi connectivity index (χ3n) is 0.109. The zero-order chi connectivity index (χ0) is 6.99. The Balaban J connectivity index is 0. The maximum atomic E-state index is 9.12. The molecule has 0 aromatic heterocycles. The molecule has 0 saturated carbocycles. The van der Waals surface area contributed by atoms with E-state index in [-0.39, 0.29) is 0 Å². The predicted octanol–water partition coefficient (Wildman–Crippen LogP) is -1.01. The smallest absolute Gasteiger partial charge is 0.100 e. The molecule has 0 heterocycles. The van der Waals surface area contributed by atoms with Gasteiger partial charge in [-0.05, 0) is 19.6 Å². The fraction of sp³-hybridized carbons (Fsp3) is 0.750. The van der Waals surface area contributed by atoms with E-state index < -0.39 is 11.8 Å². The van der Waals surface area contributed by atoms with E-state index >= 15 is 0 Å². The van der Waals surface area contributed by atoms with Crippen LogP contribution in [-0.4, -0.2) is 17.6 Å². The first-order chi connectivity index (χ1) is 3.68. The molecule has 0 aliphatic rings. The van der Waals surface area contributed by atoms with Gasteiger partial charge in [0, 0.05) is 0 Å². The second-order valence-electron chi connectivity index (χ2n) is 0.859. The quantitative estimate of drug-likeness (QED) is 0.361. The summed E-state index contributed by atoms with van der Waals surface area (Å²) in [6, 6.07) is 0. The minimum absolute atomic E-state index is 0.417. The standard InChI is InChI=1S/C2H3ClO2.C2H6S/c3-1-2(4)5;1-2-3/h1H2,(H,4,5);3H,2H2,1H3. The van der Waals surface area contributed by atoms with E-state index in [1.54, 1.807) is 0 Å². The Kier molecular flexibility index (Phi) is 14.0. The molecule has 8 heavy (non-hydrogen) atoms. The van der Waals surface area contributed by atoms with Gasteiger partial charge in [-0.2, -0.15) is 0 Å². The number of carbonyl (C=O) groups is 1. The van der Waals surface area contributed by atoms with E-state index in [9.17, 15) is 0 Å². The maximum Gasteiger partial charge on any atom is 0.100 e. The summed E-state index contributed by atoms with van der Waals surface area (Å²) < 4.78 is 0. The molecule has 0 aromatic rings. The van der Waals surface area contributed by atoms with Crippen molar-refractivity contribution in [2.75, 3.05) is 11.6 Å². The van der Waals surface area contributed by atoms with Crippen LogP contribution in [0.5, 0.6) is 0 Å². The van der Waals surface area contributed by atoms with Gasteiger partial charge < -0.3 is 9.90 Å². The van der Waals surface area contributed by atoms with Crippen molar-refractivity contribution in [3.63, 3.8) is 0 Å². The molecule has 0 saturated heterocycles. The molecule has 0 radical (unpaired) electrons. The van der Waals surface area contributed by atoms with Crippen LogP contribution < -0.4 is 5.11 Å². The average Bonchev–Trinajstić information content (AvgIpc) is 1.69. The SMILES string of the molecule is CC[SH2+].O=C([O-])CCl. The van der Waals surface area contributed by atoms with Gasteiger partial charge in [-0.15, -0.1) is 11.6 Å². The van der Waals surface area contributed by atoms with Crippen LogP contribution in [-0.2, 0) is 17.4 Å². The molecule has 0 amide bonds. The third kappa shape index (κ3) is 35.8. The zero-order valence-electron chi connectivity index (χ0n) is 4.61. The number of halogens is 1. The van der Waals surface area contributed by atoms with E-state index in [0.717, 1.165) is 5.75 Å². The van der Waals surface area contributed by atoms with Crippen LogP contribution in [0.2, 0.25) is 0 Å². The van der Waals surface area contributed by atoms with Crippen molar-refractivity contribution < 1.29 is 9.90 Å². The Bertz CT molecular complexity index is 58.0. The van der Waals surface area contributed by atoms with Gasteiger partial charge in [-0.3, -0.25) is 0 Å². The number of carbonyl (C=O) groups excluding carboxylic acids is 1. The fourth-order valence-electron chi connectivity index (χ4n) is 0. The zero-order valence-corrected chi connectivity index (χ0v) is 6.36. The van der Waals surface area contributed by atoms with E-state index in [4.69, 9.17) is 9.90 Å². The maximum absolute atomic E-state index is 9.12. The van der Waals surface area contributed by atoms with Crippen molar-refractivity contribution >= 4 is 30.2 Å². The van der Waals surface area contributed by atoms with Crippen molar-refractivity contribution in [2.24, 2.45) is 0 Å². The van der Waals surface area contributed by atoms with Crippen molar-refractivity contribution in [2.45, 2.75) is 6.92 Å². The number of rotatable bonds is 1. The number of carboxylic acid groups (broad SMARTS) is 1. The molecule has 2 nitrogen and oxygen atoms in total. The Morgan fingerprint density at radius 2 is 2.00 bits per heavy atom. The summed E-state index contributed by atoms with van der Waals surface area (Å²) in [5.41, 5.74) is 0. The Labute approximate surface area is 59.3 Å². The monoisotopic (exact) mass is 156 g/mol. The average molecular weight is 157 g/mol. The van der Waals surface area contributed by atoms with Gasteiger partial charge in [-0.25, -0.2) is 0 Å². The van der Waals surface area contributed by atoms with Crippen molar-refractivity contribution in [3.05, 3.63) is 0 Å².